The highest BCUT2D eigenvalue weighted by Crippen LogP contribution is 2.30. The predicted molar refractivity (Wildman–Crippen MR) is 140 cm³/mol. The van der Waals surface area contributed by atoms with Crippen molar-refractivity contribution in [2.24, 2.45) is 0 Å². The molecule has 4 nitrogen and oxygen atoms in total. The van der Waals surface area contributed by atoms with Gasteiger partial charge < -0.3 is 14.2 Å². The molecule has 0 saturated heterocycles. The first-order valence-electron chi connectivity index (χ1n) is 13.5. The zero-order chi connectivity index (χ0) is 23.9. The van der Waals surface area contributed by atoms with E-state index in [1.165, 1.54) is 95.2 Å². The highest BCUT2D eigenvalue weighted by molar-refractivity contribution is 6.79. The van der Waals surface area contributed by atoms with Gasteiger partial charge in [0.25, 0.3) is 0 Å². The number of carbonyl (C=O) groups is 1. The Morgan fingerprint density at radius 2 is 1.09 bits per heavy atom. The number of hydrogen-bond acceptors (Lipinski definition) is 4. The molecule has 0 bridgehead atoms. The van der Waals surface area contributed by atoms with E-state index in [1.54, 1.807) is 6.92 Å². The minimum Gasteiger partial charge on any atom is -0.460 e. The summed E-state index contributed by atoms with van der Waals surface area (Å²) in [6, 6.07) is 4.30. The summed E-state index contributed by atoms with van der Waals surface area (Å²) in [4.78, 5) is 11.4. The van der Waals surface area contributed by atoms with Gasteiger partial charge in [0.1, 0.15) is 6.61 Å². The van der Waals surface area contributed by atoms with Crippen molar-refractivity contribution in [1.82, 2.24) is 0 Å². The number of unbranched alkanes of at least 4 members (excludes halogenated alkanes) is 9. The van der Waals surface area contributed by atoms with Gasteiger partial charge in [-0.1, -0.05) is 123 Å². The molecular weight excluding hydrogens is 416 g/mol. The normalized spacial score (nSPS) is 11.6. The van der Waals surface area contributed by atoms with Gasteiger partial charge in [-0.05, 0) is 6.92 Å². The lowest BCUT2D eigenvalue weighted by atomic mass is 10.2. The van der Waals surface area contributed by atoms with Crippen LogP contribution in [0.25, 0.3) is 0 Å². The molecule has 0 amide bonds. The second-order valence-electron chi connectivity index (χ2n) is 9.51. The largest absolute Gasteiger partial charge is 0.460 e. The lowest BCUT2D eigenvalue weighted by Gasteiger charge is -2.32. The van der Waals surface area contributed by atoms with Crippen molar-refractivity contribution in [2.75, 3.05) is 32.7 Å². The summed E-state index contributed by atoms with van der Waals surface area (Å²) >= 11 is 0. The van der Waals surface area contributed by atoms with Gasteiger partial charge >= 0.3 is 5.97 Å². The summed E-state index contributed by atoms with van der Waals surface area (Å²) in [5.41, 5.74) is 0.423. The van der Waals surface area contributed by atoms with Gasteiger partial charge in [0.15, 0.2) is 0 Å². The van der Waals surface area contributed by atoms with Crippen molar-refractivity contribution in [3.8, 4) is 0 Å². The van der Waals surface area contributed by atoms with Crippen molar-refractivity contribution < 1.29 is 19.0 Å². The molecule has 5 heteroatoms. The van der Waals surface area contributed by atoms with Gasteiger partial charge in [0.2, 0.25) is 0 Å². The number of esters is 1. The van der Waals surface area contributed by atoms with Crippen LogP contribution in [0.5, 0.6) is 0 Å². The molecule has 32 heavy (non-hydrogen) atoms. The van der Waals surface area contributed by atoms with Crippen LogP contribution in [0.1, 0.15) is 105 Å². The lowest BCUT2D eigenvalue weighted by molar-refractivity contribution is -0.140. The second kappa shape index (κ2) is 22.2. The van der Waals surface area contributed by atoms with Crippen LogP contribution in [0.15, 0.2) is 12.2 Å². The summed E-state index contributed by atoms with van der Waals surface area (Å²) < 4.78 is 16.9. The van der Waals surface area contributed by atoms with E-state index in [0.29, 0.717) is 25.4 Å². The molecule has 0 N–H and O–H groups in total. The van der Waals surface area contributed by atoms with E-state index in [9.17, 15) is 4.79 Å². The van der Waals surface area contributed by atoms with Gasteiger partial charge in [0, 0.05) is 11.8 Å². The average Bonchev–Trinajstić information content (AvgIpc) is 2.78. The maximum absolute atomic E-state index is 11.4. The fourth-order valence-electron chi connectivity index (χ4n) is 4.20. The predicted octanol–water partition coefficient (Wildman–Crippen LogP) is 7.87. The highest BCUT2D eigenvalue weighted by Gasteiger charge is 2.31. The molecule has 0 aliphatic carbocycles. The Morgan fingerprint density at radius 1 is 0.656 bits per heavy atom. The number of ether oxygens (including phenoxy) is 3. The van der Waals surface area contributed by atoms with Gasteiger partial charge in [-0.2, -0.15) is 0 Å². The van der Waals surface area contributed by atoms with Crippen molar-refractivity contribution in [3.63, 3.8) is 0 Å². The lowest BCUT2D eigenvalue weighted by Crippen LogP contribution is -2.40. The Labute approximate surface area is 200 Å². The summed E-state index contributed by atoms with van der Waals surface area (Å²) in [7, 11) is -1.41. The molecule has 0 aromatic heterocycles. The molecule has 0 atom stereocenters. The molecule has 0 rings (SSSR count). The summed E-state index contributed by atoms with van der Waals surface area (Å²) in [6.45, 7) is 14.0. The number of carbonyl (C=O) groups excluding carboxylic acids is 1. The van der Waals surface area contributed by atoms with Gasteiger partial charge in [0.05, 0.1) is 27.9 Å². The third kappa shape index (κ3) is 17.9. The zero-order valence-electron chi connectivity index (χ0n) is 22.0. The quantitative estimate of drug-likeness (QED) is 0.0623. The van der Waals surface area contributed by atoms with Gasteiger partial charge in [-0.15, -0.1) is 0 Å². The van der Waals surface area contributed by atoms with E-state index in [4.69, 9.17) is 14.2 Å². The van der Waals surface area contributed by atoms with E-state index < -0.39 is 8.07 Å². The Hall–Kier alpha value is -0.653. The third-order valence-corrected chi connectivity index (χ3v) is 11.3. The fraction of sp³-hybridized carbons (Fsp3) is 0.889. The van der Waals surface area contributed by atoms with E-state index >= 15 is 0 Å². The van der Waals surface area contributed by atoms with E-state index in [-0.39, 0.29) is 12.6 Å². The standard InChI is InChI=1S/C27H54O4Si/c1-6-9-12-15-22-32(23-16-13-10-7-2,24-17-14-11-8-3)25-30-19-18-29-20-21-31-27(28)26(4)5/h4,6-25H2,1-3,5H3. The van der Waals surface area contributed by atoms with Crippen LogP contribution in [0.2, 0.25) is 18.1 Å². The van der Waals surface area contributed by atoms with Crippen LogP contribution < -0.4 is 0 Å². The number of rotatable bonds is 24. The third-order valence-electron chi connectivity index (χ3n) is 6.27. The molecule has 0 aliphatic heterocycles. The van der Waals surface area contributed by atoms with Crippen molar-refractivity contribution in [1.29, 1.82) is 0 Å². The first-order chi connectivity index (χ1) is 15.5. The Morgan fingerprint density at radius 3 is 1.53 bits per heavy atom. The second-order valence-corrected chi connectivity index (χ2v) is 14.3. The SMILES string of the molecule is C=C(C)C(=O)OCCOCCOC[Si](CCCCCC)(CCCCCC)CCCCCC. The summed E-state index contributed by atoms with van der Waals surface area (Å²) in [5.74, 6) is -0.352. The molecule has 0 spiro atoms. The molecule has 0 fully saturated rings. The van der Waals surface area contributed by atoms with Crippen LogP contribution in [-0.4, -0.2) is 46.7 Å². The molecule has 0 radical (unpaired) electrons. The summed E-state index contributed by atoms with van der Waals surface area (Å²) in [5, 5.41) is 0. The highest BCUT2D eigenvalue weighted by atomic mass is 28.3. The molecule has 190 valence electrons. The topological polar surface area (TPSA) is 44.8 Å². The van der Waals surface area contributed by atoms with E-state index in [2.05, 4.69) is 27.4 Å². The molecule has 0 unspecified atom stereocenters. The first-order valence-corrected chi connectivity index (χ1v) is 16.3. The monoisotopic (exact) mass is 470 g/mol. The van der Waals surface area contributed by atoms with Crippen molar-refractivity contribution >= 4 is 14.0 Å². The maximum atomic E-state index is 11.4. The van der Waals surface area contributed by atoms with Crippen LogP contribution >= 0.6 is 0 Å². The Balaban J connectivity index is 4.53. The molecule has 0 heterocycles. The van der Waals surface area contributed by atoms with Crippen LogP contribution in [0.4, 0.5) is 0 Å². The Bertz CT molecular complexity index is 422. The Kier molecular flexibility index (Phi) is 21.7. The van der Waals surface area contributed by atoms with Crippen LogP contribution in [-0.2, 0) is 19.0 Å². The summed E-state index contributed by atoms with van der Waals surface area (Å²) in [6.07, 6.45) is 17.3. The molecular formula is C27H54O4Si. The molecule has 0 aliphatic rings. The van der Waals surface area contributed by atoms with Gasteiger partial charge in [-0.3, -0.25) is 0 Å². The van der Waals surface area contributed by atoms with Crippen LogP contribution in [0.3, 0.4) is 0 Å². The van der Waals surface area contributed by atoms with Crippen molar-refractivity contribution in [2.45, 2.75) is 123 Å². The minimum atomic E-state index is -1.41. The smallest absolute Gasteiger partial charge is 0.333 e. The fourth-order valence-corrected chi connectivity index (χ4v) is 8.96. The molecule has 0 aromatic rings. The van der Waals surface area contributed by atoms with Crippen LogP contribution in [0, 0.1) is 0 Å². The van der Waals surface area contributed by atoms with E-state index in [0.717, 1.165) is 6.23 Å². The zero-order valence-corrected chi connectivity index (χ0v) is 23.0. The molecule has 0 aromatic carbocycles. The maximum Gasteiger partial charge on any atom is 0.333 e. The average molecular weight is 471 g/mol. The van der Waals surface area contributed by atoms with Crippen molar-refractivity contribution in [3.05, 3.63) is 12.2 Å². The molecule has 0 saturated carbocycles. The van der Waals surface area contributed by atoms with Gasteiger partial charge in [-0.25, -0.2) is 4.79 Å². The minimum absolute atomic E-state index is 0.274. The van der Waals surface area contributed by atoms with E-state index in [1.807, 2.05) is 0 Å². The first kappa shape index (κ1) is 31.3. The number of hydrogen-bond donors (Lipinski definition) is 0.